The molecule has 3 heteroatoms. The molecule has 0 saturated heterocycles. The van der Waals surface area contributed by atoms with Gasteiger partial charge in [-0.25, -0.2) is 9.18 Å². The first kappa shape index (κ1) is 9.27. The Morgan fingerprint density at radius 1 is 1.62 bits per heavy atom. The average Bonchev–Trinajstić information content (AvgIpc) is 2.16. The van der Waals surface area contributed by atoms with Crippen molar-refractivity contribution in [1.82, 2.24) is 0 Å². The number of carbonyl (C=O) groups is 1. The van der Waals surface area contributed by atoms with Crippen LogP contribution < -0.4 is 0 Å². The van der Waals surface area contributed by atoms with E-state index in [0.717, 1.165) is 12.1 Å². The van der Waals surface area contributed by atoms with Crippen LogP contribution in [0.1, 0.15) is 15.9 Å². The highest BCUT2D eigenvalue weighted by atomic mass is 19.1. The Kier molecular flexibility index (Phi) is 2.65. The van der Waals surface area contributed by atoms with Gasteiger partial charge >= 0.3 is 5.97 Å². The van der Waals surface area contributed by atoms with Gasteiger partial charge < -0.3 is 4.74 Å². The fourth-order valence-corrected chi connectivity index (χ4v) is 0.924. The SMILES string of the molecule is C#Cc1cc(F)ccc1C(=O)OC. The van der Waals surface area contributed by atoms with Crippen molar-refractivity contribution < 1.29 is 13.9 Å². The van der Waals surface area contributed by atoms with Crippen molar-refractivity contribution in [3.63, 3.8) is 0 Å². The van der Waals surface area contributed by atoms with Crippen LogP contribution in [0.25, 0.3) is 0 Å². The number of halogens is 1. The summed E-state index contributed by atoms with van der Waals surface area (Å²) < 4.78 is 17.1. The fraction of sp³-hybridized carbons (Fsp3) is 0.100. The molecule has 0 spiro atoms. The second-order valence-electron chi connectivity index (χ2n) is 2.33. The molecule has 0 heterocycles. The van der Waals surface area contributed by atoms with E-state index in [1.807, 2.05) is 0 Å². The van der Waals surface area contributed by atoms with Crippen LogP contribution in [0.15, 0.2) is 18.2 Å². The number of esters is 1. The zero-order chi connectivity index (χ0) is 9.84. The van der Waals surface area contributed by atoms with Crippen molar-refractivity contribution in [2.45, 2.75) is 0 Å². The van der Waals surface area contributed by atoms with Crippen molar-refractivity contribution >= 4 is 5.97 Å². The molecule has 0 aliphatic carbocycles. The largest absolute Gasteiger partial charge is 0.465 e. The van der Waals surface area contributed by atoms with Crippen molar-refractivity contribution in [3.8, 4) is 12.3 Å². The lowest BCUT2D eigenvalue weighted by molar-refractivity contribution is 0.0600. The Balaban J connectivity index is 3.23. The highest BCUT2D eigenvalue weighted by molar-refractivity contribution is 5.92. The summed E-state index contributed by atoms with van der Waals surface area (Å²) in [6, 6.07) is 3.58. The predicted octanol–water partition coefficient (Wildman–Crippen LogP) is 1.59. The topological polar surface area (TPSA) is 26.3 Å². The first-order chi connectivity index (χ1) is 6.19. The first-order valence-electron chi connectivity index (χ1n) is 3.53. The van der Waals surface area contributed by atoms with Crippen molar-refractivity contribution in [2.75, 3.05) is 7.11 Å². The summed E-state index contributed by atoms with van der Waals surface area (Å²) >= 11 is 0. The van der Waals surface area contributed by atoms with Crippen LogP contribution in [0, 0.1) is 18.2 Å². The van der Waals surface area contributed by atoms with Gasteiger partial charge in [0.2, 0.25) is 0 Å². The van der Waals surface area contributed by atoms with Gasteiger partial charge in [-0.1, -0.05) is 5.92 Å². The van der Waals surface area contributed by atoms with Crippen molar-refractivity contribution in [3.05, 3.63) is 35.1 Å². The van der Waals surface area contributed by atoms with Gasteiger partial charge in [0.15, 0.2) is 0 Å². The molecular formula is C10H7FO2. The van der Waals surface area contributed by atoms with Gasteiger partial charge in [0.25, 0.3) is 0 Å². The lowest BCUT2D eigenvalue weighted by Gasteiger charge is -2.01. The van der Waals surface area contributed by atoms with E-state index < -0.39 is 11.8 Å². The van der Waals surface area contributed by atoms with Crippen LogP contribution in [0.3, 0.4) is 0 Å². The smallest absolute Gasteiger partial charge is 0.339 e. The van der Waals surface area contributed by atoms with Crippen LogP contribution in [-0.2, 0) is 4.74 Å². The molecule has 66 valence electrons. The molecule has 1 aromatic rings. The molecule has 0 bridgehead atoms. The molecule has 2 nitrogen and oxygen atoms in total. The summed E-state index contributed by atoms with van der Waals surface area (Å²) in [7, 11) is 1.24. The maximum atomic E-state index is 12.7. The van der Waals surface area contributed by atoms with E-state index in [-0.39, 0.29) is 11.1 Å². The predicted molar refractivity (Wildman–Crippen MR) is 45.7 cm³/mol. The number of ether oxygens (including phenoxy) is 1. The van der Waals surface area contributed by atoms with Crippen LogP contribution in [0.4, 0.5) is 4.39 Å². The summed E-state index contributed by atoms with van der Waals surface area (Å²) in [6.07, 6.45) is 5.09. The monoisotopic (exact) mass is 178 g/mol. The van der Waals surface area contributed by atoms with E-state index in [1.165, 1.54) is 13.2 Å². The standard InChI is InChI=1S/C10H7FO2/c1-3-7-6-8(11)4-5-9(7)10(12)13-2/h1,4-6H,2H3. The number of methoxy groups -OCH3 is 1. The second kappa shape index (κ2) is 3.72. The molecule has 0 aromatic heterocycles. The Morgan fingerprint density at radius 3 is 2.85 bits per heavy atom. The minimum Gasteiger partial charge on any atom is -0.465 e. The quantitative estimate of drug-likeness (QED) is 0.482. The zero-order valence-corrected chi connectivity index (χ0v) is 7.00. The Morgan fingerprint density at radius 2 is 2.31 bits per heavy atom. The van der Waals surface area contributed by atoms with Crippen molar-refractivity contribution in [1.29, 1.82) is 0 Å². The van der Waals surface area contributed by atoms with Gasteiger partial charge in [-0.05, 0) is 18.2 Å². The first-order valence-corrected chi connectivity index (χ1v) is 3.53. The summed E-state index contributed by atoms with van der Waals surface area (Å²) in [6.45, 7) is 0. The second-order valence-corrected chi connectivity index (χ2v) is 2.33. The Hall–Kier alpha value is -1.82. The Bertz CT molecular complexity index is 377. The molecule has 0 radical (unpaired) electrons. The summed E-state index contributed by atoms with van der Waals surface area (Å²) in [5, 5.41) is 0. The minimum atomic E-state index is -0.562. The summed E-state index contributed by atoms with van der Waals surface area (Å²) in [4.78, 5) is 11.1. The maximum Gasteiger partial charge on any atom is 0.339 e. The van der Waals surface area contributed by atoms with Gasteiger partial charge in [-0.15, -0.1) is 6.42 Å². The van der Waals surface area contributed by atoms with Gasteiger partial charge in [0, 0.05) is 5.56 Å². The van der Waals surface area contributed by atoms with E-state index in [4.69, 9.17) is 6.42 Å². The average molecular weight is 178 g/mol. The summed E-state index contributed by atoms with van der Waals surface area (Å²) in [5.41, 5.74) is 0.401. The van der Waals surface area contributed by atoms with Crippen LogP contribution in [0.2, 0.25) is 0 Å². The van der Waals surface area contributed by atoms with E-state index in [9.17, 15) is 9.18 Å². The number of benzene rings is 1. The number of hydrogen-bond acceptors (Lipinski definition) is 2. The highest BCUT2D eigenvalue weighted by Gasteiger charge is 2.10. The van der Waals surface area contributed by atoms with E-state index in [1.54, 1.807) is 0 Å². The summed E-state index contributed by atoms with van der Waals surface area (Å²) in [5.74, 6) is 1.18. The van der Waals surface area contributed by atoms with Crippen LogP contribution in [-0.4, -0.2) is 13.1 Å². The zero-order valence-electron chi connectivity index (χ0n) is 7.00. The number of hydrogen-bond donors (Lipinski definition) is 0. The highest BCUT2D eigenvalue weighted by Crippen LogP contribution is 2.11. The van der Waals surface area contributed by atoms with Gasteiger partial charge in [0.1, 0.15) is 5.82 Å². The minimum absolute atomic E-state index is 0.200. The molecular weight excluding hydrogens is 171 g/mol. The van der Waals surface area contributed by atoms with Crippen LogP contribution in [0.5, 0.6) is 0 Å². The molecule has 0 aliphatic heterocycles. The van der Waals surface area contributed by atoms with Crippen LogP contribution >= 0.6 is 0 Å². The number of carbonyl (C=O) groups excluding carboxylic acids is 1. The molecule has 13 heavy (non-hydrogen) atoms. The third kappa shape index (κ3) is 1.85. The molecule has 0 amide bonds. The van der Waals surface area contributed by atoms with E-state index in [0.29, 0.717) is 0 Å². The third-order valence-corrected chi connectivity index (χ3v) is 1.54. The van der Waals surface area contributed by atoms with Crippen molar-refractivity contribution in [2.24, 2.45) is 0 Å². The molecule has 0 N–H and O–H groups in total. The van der Waals surface area contributed by atoms with E-state index in [2.05, 4.69) is 10.7 Å². The number of terminal acetylenes is 1. The van der Waals surface area contributed by atoms with Gasteiger partial charge in [-0.3, -0.25) is 0 Å². The molecule has 1 rings (SSSR count). The van der Waals surface area contributed by atoms with E-state index >= 15 is 0 Å². The lowest BCUT2D eigenvalue weighted by Crippen LogP contribution is -2.04. The fourth-order valence-electron chi connectivity index (χ4n) is 0.924. The third-order valence-electron chi connectivity index (χ3n) is 1.54. The number of rotatable bonds is 1. The maximum absolute atomic E-state index is 12.7. The van der Waals surface area contributed by atoms with Gasteiger partial charge in [0.05, 0.1) is 12.7 Å². The molecule has 0 aliphatic rings. The molecule has 0 fully saturated rings. The molecule has 0 unspecified atom stereocenters. The Labute approximate surface area is 75.3 Å². The molecule has 0 saturated carbocycles. The molecule has 1 aromatic carbocycles. The van der Waals surface area contributed by atoms with Gasteiger partial charge in [-0.2, -0.15) is 0 Å². The molecule has 0 atom stereocenters. The lowest BCUT2D eigenvalue weighted by atomic mass is 10.1. The normalized spacial score (nSPS) is 9.00.